The van der Waals surface area contributed by atoms with E-state index in [1.165, 1.54) is 17.7 Å². The van der Waals surface area contributed by atoms with Crippen LogP contribution in [-0.2, 0) is 11.3 Å². The average Bonchev–Trinajstić information content (AvgIpc) is 2.93. The smallest absolute Gasteiger partial charge is 0.222 e. The van der Waals surface area contributed by atoms with Crippen LogP contribution in [0.3, 0.4) is 0 Å². The van der Waals surface area contributed by atoms with Gasteiger partial charge in [0.2, 0.25) is 5.91 Å². The lowest BCUT2D eigenvalue weighted by Gasteiger charge is -2.31. The monoisotopic (exact) mass is 324 g/mol. The Bertz CT molecular complexity index is 464. The number of thiazole rings is 1. The van der Waals surface area contributed by atoms with Crippen LogP contribution in [0.5, 0.6) is 0 Å². The SMILES string of the molecule is CCN(CC)C(=O)CCC1CCN(Cc2cnc(N)s2)CC1. The summed E-state index contributed by atoms with van der Waals surface area (Å²) < 4.78 is 0. The van der Waals surface area contributed by atoms with Gasteiger partial charge in [-0.2, -0.15) is 0 Å². The van der Waals surface area contributed by atoms with Gasteiger partial charge >= 0.3 is 0 Å². The first-order chi connectivity index (χ1) is 10.6. The van der Waals surface area contributed by atoms with Gasteiger partial charge in [-0.3, -0.25) is 9.69 Å². The summed E-state index contributed by atoms with van der Waals surface area (Å²) in [5.74, 6) is 1.01. The second kappa shape index (κ2) is 8.48. The van der Waals surface area contributed by atoms with Crippen molar-refractivity contribution < 1.29 is 4.79 Å². The Kier molecular flexibility index (Phi) is 6.64. The van der Waals surface area contributed by atoms with Crippen LogP contribution in [0, 0.1) is 5.92 Å². The number of rotatable bonds is 7. The van der Waals surface area contributed by atoms with E-state index < -0.39 is 0 Å². The Morgan fingerprint density at radius 2 is 2.09 bits per heavy atom. The first-order valence-corrected chi connectivity index (χ1v) is 9.14. The molecule has 1 aliphatic heterocycles. The van der Waals surface area contributed by atoms with Gasteiger partial charge in [0.25, 0.3) is 0 Å². The van der Waals surface area contributed by atoms with Gasteiger partial charge in [0.05, 0.1) is 0 Å². The predicted molar refractivity (Wildman–Crippen MR) is 91.7 cm³/mol. The Labute approximate surface area is 137 Å². The average molecular weight is 324 g/mol. The van der Waals surface area contributed by atoms with Gasteiger partial charge in [0, 0.05) is 37.1 Å². The molecule has 0 spiro atoms. The van der Waals surface area contributed by atoms with Gasteiger partial charge in [-0.1, -0.05) is 0 Å². The molecule has 1 aromatic rings. The minimum atomic E-state index is 0.313. The van der Waals surface area contributed by atoms with Gasteiger partial charge in [-0.05, 0) is 52.1 Å². The first kappa shape index (κ1) is 17.2. The zero-order chi connectivity index (χ0) is 15.9. The number of amides is 1. The lowest BCUT2D eigenvalue weighted by molar-refractivity contribution is -0.131. The third kappa shape index (κ3) is 4.95. The molecular formula is C16H28N4OS. The molecule has 0 aliphatic carbocycles. The first-order valence-electron chi connectivity index (χ1n) is 8.32. The van der Waals surface area contributed by atoms with Crippen LogP contribution in [-0.4, -0.2) is 46.9 Å². The summed E-state index contributed by atoms with van der Waals surface area (Å²) in [6, 6.07) is 0. The largest absolute Gasteiger partial charge is 0.375 e. The summed E-state index contributed by atoms with van der Waals surface area (Å²) in [5, 5.41) is 0.653. The number of hydrogen-bond acceptors (Lipinski definition) is 5. The highest BCUT2D eigenvalue weighted by molar-refractivity contribution is 7.15. The molecule has 1 fully saturated rings. The Hall–Kier alpha value is -1.14. The Balaban J connectivity index is 1.67. The van der Waals surface area contributed by atoms with E-state index in [2.05, 4.69) is 9.88 Å². The van der Waals surface area contributed by atoms with Gasteiger partial charge in [0.1, 0.15) is 0 Å². The third-order valence-corrected chi connectivity index (χ3v) is 5.35. The Morgan fingerprint density at radius 1 is 1.41 bits per heavy atom. The fourth-order valence-corrected chi connectivity index (χ4v) is 3.84. The van der Waals surface area contributed by atoms with Crippen molar-refractivity contribution in [1.29, 1.82) is 0 Å². The van der Waals surface area contributed by atoms with Crippen molar-refractivity contribution in [2.45, 2.75) is 46.1 Å². The van der Waals surface area contributed by atoms with E-state index in [4.69, 9.17) is 5.73 Å². The summed E-state index contributed by atoms with van der Waals surface area (Å²) in [6.07, 6.45) is 6.02. The molecule has 1 aromatic heterocycles. The van der Waals surface area contributed by atoms with Crippen molar-refractivity contribution in [3.05, 3.63) is 11.1 Å². The molecule has 1 aliphatic rings. The minimum Gasteiger partial charge on any atom is -0.375 e. The number of nitrogen functional groups attached to an aromatic ring is 1. The lowest BCUT2D eigenvalue weighted by Crippen LogP contribution is -2.34. The minimum absolute atomic E-state index is 0.313. The molecule has 6 heteroatoms. The van der Waals surface area contributed by atoms with Gasteiger partial charge in [-0.25, -0.2) is 4.98 Å². The number of anilines is 1. The van der Waals surface area contributed by atoms with Crippen LogP contribution in [0.1, 0.15) is 44.4 Å². The van der Waals surface area contributed by atoms with Crippen molar-refractivity contribution in [1.82, 2.24) is 14.8 Å². The summed E-state index contributed by atoms with van der Waals surface area (Å²) in [6.45, 7) is 8.93. The Morgan fingerprint density at radius 3 is 2.64 bits per heavy atom. The van der Waals surface area contributed by atoms with Crippen molar-refractivity contribution >= 4 is 22.4 Å². The summed E-state index contributed by atoms with van der Waals surface area (Å²) in [7, 11) is 0. The molecule has 0 saturated carbocycles. The molecule has 0 bridgehead atoms. The van der Waals surface area contributed by atoms with Crippen LogP contribution in [0.25, 0.3) is 0 Å². The molecule has 22 heavy (non-hydrogen) atoms. The summed E-state index contributed by atoms with van der Waals surface area (Å²) in [5.41, 5.74) is 5.67. The van der Waals surface area contributed by atoms with E-state index in [0.29, 0.717) is 23.4 Å². The molecule has 124 valence electrons. The van der Waals surface area contributed by atoms with Crippen molar-refractivity contribution in [3.63, 3.8) is 0 Å². The van der Waals surface area contributed by atoms with E-state index in [1.807, 2.05) is 24.9 Å². The molecular weight excluding hydrogens is 296 g/mol. The molecule has 1 saturated heterocycles. The molecule has 2 heterocycles. The maximum Gasteiger partial charge on any atom is 0.222 e. The molecule has 2 rings (SSSR count). The number of piperidine rings is 1. The van der Waals surface area contributed by atoms with Crippen LogP contribution in [0.4, 0.5) is 5.13 Å². The topological polar surface area (TPSA) is 62.5 Å². The van der Waals surface area contributed by atoms with Gasteiger partial charge in [-0.15, -0.1) is 11.3 Å². The molecule has 2 N–H and O–H groups in total. The van der Waals surface area contributed by atoms with Crippen LogP contribution in [0.15, 0.2) is 6.20 Å². The molecule has 0 unspecified atom stereocenters. The number of carbonyl (C=O) groups excluding carboxylic acids is 1. The summed E-state index contributed by atoms with van der Waals surface area (Å²) >= 11 is 1.58. The lowest BCUT2D eigenvalue weighted by atomic mass is 9.92. The van der Waals surface area contributed by atoms with E-state index in [9.17, 15) is 4.79 Å². The van der Waals surface area contributed by atoms with Gasteiger partial charge < -0.3 is 10.6 Å². The zero-order valence-electron chi connectivity index (χ0n) is 13.8. The quantitative estimate of drug-likeness (QED) is 0.837. The van der Waals surface area contributed by atoms with E-state index in [0.717, 1.165) is 39.1 Å². The van der Waals surface area contributed by atoms with Crippen molar-refractivity contribution in [3.8, 4) is 0 Å². The number of likely N-dealkylation sites (tertiary alicyclic amines) is 1. The second-order valence-corrected chi connectivity index (χ2v) is 7.14. The van der Waals surface area contributed by atoms with E-state index in [1.54, 1.807) is 11.3 Å². The van der Waals surface area contributed by atoms with E-state index >= 15 is 0 Å². The number of nitrogens with two attached hydrogens (primary N) is 1. The fraction of sp³-hybridized carbons (Fsp3) is 0.750. The molecule has 5 nitrogen and oxygen atoms in total. The van der Waals surface area contributed by atoms with Crippen LogP contribution < -0.4 is 5.73 Å². The van der Waals surface area contributed by atoms with Gasteiger partial charge in [0.15, 0.2) is 5.13 Å². The maximum atomic E-state index is 12.1. The highest BCUT2D eigenvalue weighted by Crippen LogP contribution is 2.25. The number of aromatic nitrogens is 1. The number of nitrogens with zero attached hydrogens (tertiary/aromatic N) is 3. The maximum absolute atomic E-state index is 12.1. The molecule has 0 aromatic carbocycles. The number of hydrogen-bond donors (Lipinski definition) is 1. The highest BCUT2D eigenvalue weighted by atomic mass is 32.1. The third-order valence-electron chi connectivity index (χ3n) is 4.54. The highest BCUT2D eigenvalue weighted by Gasteiger charge is 2.21. The van der Waals surface area contributed by atoms with Crippen LogP contribution >= 0.6 is 11.3 Å². The van der Waals surface area contributed by atoms with Crippen molar-refractivity contribution in [2.24, 2.45) is 5.92 Å². The fourth-order valence-electron chi connectivity index (χ4n) is 3.11. The molecule has 1 amide bonds. The predicted octanol–water partition coefficient (Wildman–Crippen LogP) is 2.59. The molecule has 0 atom stereocenters. The number of carbonyl (C=O) groups is 1. The second-order valence-electron chi connectivity index (χ2n) is 5.99. The van der Waals surface area contributed by atoms with Crippen LogP contribution in [0.2, 0.25) is 0 Å². The molecule has 0 radical (unpaired) electrons. The normalized spacial score (nSPS) is 16.8. The zero-order valence-corrected chi connectivity index (χ0v) is 14.6. The standard InChI is InChI=1S/C16H28N4OS/c1-3-20(4-2)15(21)6-5-13-7-9-19(10-8-13)12-14-11-18-16(17)22-14/h11,13H,3-10,12H2,1-2H3,(H2,17,18). The summed E-state index contributed by atoms with van der Waals surface area (Å²) in [4.78, 5) is 21.8. The van der Waals surface area contributed by atoms with E-state index in [-0.39, 0.29) is 0 Å². The van der Waals surface area contributed by atoms with Crippen molar-refractivity contribution in [2.75, 3.05) is 31.9 Å².